The van der Waals surface area contributed by atoms with Crippen molar-refractivity contribution in [2.75, 3.05) is 13.2 Å². The molecule has 16 heavy (non-hydrogen) atoms. The van der Waals surface area contributed by atoms with Crippen molar-refractivity contribution in [1.29, 1.82) is 0 Å². The highest BCUT2D eigenvalue weighted by Crippen LogP contribution is 2.23. The number of hydrogen-bond donors (Lipinski definition) is 3. The molecule has 0 aromatic heterocycles. The standard InChI is InChI=1S/C11H20N2O3/c1-8-4-2-3-5-9(8)13-11(16)10(15)12-6-7-14/h8-9,14H,2-7H2,1H3,(H,12,15)(H,13,16). The molecule has 0 saturated heterocycles. The molecule has 0 aromatic carbocycles. The van der Waals surface area contributed by atoms with E-state index >= 15 is 0 Å². The summed E-state index contributed by atoms with van der Waals surface area (Å²) in [6, 6.07) is 0.112. The normalized spacial score (nSPS) is 24.9. The van der Waals surface area contributed by atoms with E-state index in [1.165, 1.54) is 6.42 Å². The molecular weight excluding hydrogens is 208 g/mol. The summed E-state index contributed by atoms with van der Waals surface area (Å²) in [4.78, 5) is 22.7. The SMILES string of the molecule is CC1CCCCC1NC(=O)C(=O)NCCO. The van der Waals surface area contributed by atoms with Gasteiger partial charge in [-0.1, -0.05) is 19.8 Å². The van der Waals surface area contributed by atoms with Crippen LogP contribution in [0.5, 0.6) is 0 Å². The molecule has 0 aromatic rings. The van der Waals surface area contributed by atoms with Crippen molar-refractivity contribution in [1.82, 2.24) is 10.6 Å². The predicted octanol–water partition coefficient (Wildman–Crippen LogP) is -0.210. The van der Waals surface area contributed by atoms with Gasteiger partial charge in [-0.05, 0) is 18.8 Å². The van der Waals surface area contributed by atoms with Crippen molar-refractivity contribution >= 4 is 11.8 Å². The molecule has 2 atom stereocenters. The van der Waals surface area contributed by atoms with E-state index in [0.717, 1.165) is 19.3 Å². The van der Waals surface area contributed by atoms with Gasteiger partial charge in [-0.3, -0.25) is 9.59 Å². The van der Waals surface area contributed by atoms with Crippen LogP contribution in [0.1, 0.15) is 32.6 Å². The molecule has 2 amide bonds. The van der Waals surface area contributed by atoms with E-state index in [2.05, 4.69) is 17.6 Å². The first-order valence-electron chi connectivity index (χ1n) is 5.84. The Balaban J connectivity index is 2.34. The number of carbonyl (C=O) groups excluding carboxylic acids is 2. The zero-order valence-electron chi connectivity index (χ0n) is 9.66. The molecule has 0 heterocycles. The topological polar surface area (TPSA) is 78.4 Å². The molecule has 1 fully saturated rings. The lowest BCUT2D eigenvalue weighted by molar-refractivity contribution is -0.140. The average Bonchev–Trinajstić information content (AvgIpc) is 2.28. The first-order chi connectivity index (χ1) is 7.65. The molecule has 0 bridgehead atoms. The Morgan fingerprint density at radius 2 is 1.94 bits per heavy atom. The summed E-state index contributed by atoms with van der Waals surface area (Å²) in [5.41, 5.74) is 0. The van der Waals surface area contributed by atoms with Crippen LogP contribution in [0, 0.1) is 5.92 Å². The highest BCUT2D eigenvalue weighted by molar-refractivity contribution is 6.35. The first kappa shape index (κ1) is 13.0. The summed E-state index contributed by atoms with van der Waals surface area (Å²) < 4.78 is 0. The smallest absolute Gasteiger partial charge is 0.309 e. The van der Waals surface area contributed by atoms with Crippen LogP contribution in [0.15, 0.2) is 0 Å². The molecule has 5 heteroatoms. The maximum absolute atomic E-state index is 11.5. The van der Waals surface area contributed by atoms with Crippen molar-refractivity contribution in [2.24, 2.45) is 5.92 Å². The largest absolute Gasteiger partial charge is 0.395 e. The second-order valence-electron chi connectivity index (χ2n) is 4.32. The minimum absolute atomic E-state index is 0.112. The molecule has 1 aliphatic rings. The minimum Gasteiger partial charge on any atom is -0.395 e. The maximum Gasteiger partial charge on any atom is 0.309 e. The number of aliphatic hydroxyl groups excluding tert-OH is 1. The van der Waals surface area contributed by atoms with E-state index in [9.17, 15) is 9.59 Å². The highest BCUT2D eigenvalue weighted by Gasteiger charge is 2.25. The summed E-state index contributed by atoms with van der Waals surface area (Å²) in [6.45, 7) is 2.06. The van der Waals surface area contributed by atoms with Crippen LogP contribution in [0.3, 0.4) is 0 Å². The molecule has 3 N–H and O–H groups in total. The lowest BCUT2D eigenvalue weighted by Gasteiger charge is -2.29. The molecule has 2 unspecified atom stereocenters. The van der Waals surface area contributed by atoms with Gasteiger partial charge in [-0.25, -0.2) is 0 Å². The van der Waals surface area contributed by atoms with Crippen LogP contribution in [-0.2, 0) is 9.59 Å². The van der Waals surface area contributed by atoms with Gasteiger partial charge in [0.05, 0.1) is 6.61 Å². The van der Waals surface area contributed by atoms with Gasteiger partial charge in [0.25, 0.3) is 0 Å². The Labute approximate surface area is 95.6 Å². The maximum atomic E-state index is 11.5. The summed E-state index contributed by atoms with van der Waals surface area (Å²) in [5, 5.41) is 13.6. The fraction of sp³-hybridized carbons (Fsp3) is 0.818. The molecule has 1 saturated carbocycles. The molecular formula is C11H20N2O3. The Morgan fingerprint density at radius 1 is 1.25 bits per heavy atom. The van der Waals surface area contributed by atoms with Crippen molar-refractivity contribution in [2.45, 2.75) is 38.6 Å². The molecule has 1 aliphatic carbocycles. The molecule has 0 aliphatic heterocycles. The molecule has 1 rings (SSSR count). The number of nitrogens with one attached hydrogen (secondary N) is 2. The third-order valence-corrected chi connectivity index (χ3v) is 3.03. The Hall–Kier alpha value is -1.10. The van der Waals surface area contributed by atoms with Crippen LogP contribution >= 0.6 is 0 Å². The second kappa shape index (κ2) is 6.48. The predicted molar refractivity (Wildman–Crippen MR) is 59.7 cm³/mol. The third kappa shape index (κ3) is 3.81. The quantitative estimate of drug-likeness (QED) is 0.585. The molecule has 0 spiro atoms. The van der Waals surface area contributed by atoms with E-state index in [-0.39, 0.29) is 19.2 Å². The van der Waals surface area contributed by atoms with Crippen molar-refractivity contribution < 1.29 is 14.7 Å². The third-order valence-electron chi connectivity index (χ3n) is 3.03. The van der Waals surface area contributed by atoms with E-state index in [1.807, 2.05) is 0 Å². The van der Waals surface area contributed by atoms with Crippen molar-refractivity contribution in [3.8, 4) is 0 Å². The van der Waals surface area contributed by atoms with Gasteiger partial charge in [-0.15, -0.1) is 0 Å². The number of aliphatic hydroxyl groups is 1. The molecule has 92 valence electrons. The zero-order chi connectivity index (χ0) is 12.0. The van der Waals surface area contributed by atoms with E-state index in [4.69, 9.17) is 5.11 Å². The van der Waals surface area contributed by atoms with Crippen LogP contribution in [0.2, 0.25) is 0 Å². The lowest BCUT2D eigenvalue weighted by atomic mass is 9.86. The van der Waals surface area contributed by atoms with E-state index < -0.39 is 11.8 Å². The summed E-state index contributed by atoms with van der Waals surface area (Å²) in [7, 11) is 0. The number of hydrogen-bond acceptors (Lipinski definition) is 3. The van der Waals surface area contributed by atoms with Gasteiger partial charge >= 0.3 is 11.8 Å². The van der Waals surface area contributed by atoms with Crippen LogP contribution < -0.4 is 10.6 Å². The van der Waals surface area contributed by atoms with Gasteiger partial charge in [0.15, 0.2) is 0 Å². The summed E-state index contributed by atoms with van der Waals surface area (Å²) in [5.74, 6) is -0.817. The molecule has 0 radical (unpaired) electrons. The van der Waals surface area contributed by atoms with Gasteiger partial charge in [0.2, 0.25) is 0 Å². The van der Waals surface area contributed by atoms with E-state index in [0.29, 0.717) is 5.92 Å². The monoisotopic (exact) mass is 228 g/mol. The van der Waals surface area contributed by atoms with Crippen LogP contribution in [-0.4, -0.2) is 36.1 Å². The van der Waals surface area contributed by atoms with E-state index in [1.54, 1.807) is 0 Å². The fourth-order valence-electron chi connectivity index (χ4n) is 2.01. The zero-order valence-corrected chi connectivity index (χ0v) is 9.66. The number of carbonyl (C=O) groups is 2. The van der Waals surface area contributed by atoms with Gasteiger partial charge in [0, 0.05) is 12.6 Å². The first-order valence-corrected chi connectivity index (χ1v) is 5.84. The summed E-state index contributed by atoms with van der Waals surface area (Å²) in [6.07, 6.45) is 4.35. The van der Waals surface area contributed by atoms with Crippen molar-refractivity contribution in [3.63, 3.8) is 0 Å². The summed E-state index contributed by atoms with van der Waals surface area (Å²) >= 11 is 0. The number of rotatable bonds is 3. The highest BCUT2D eigenvalue weighted by atomic mass is 16.3. The van der Waals surface area contributed by atoms with Crippen LogP contribution in [0.25, 0.3) is 0 Å². The fourth-order valence-corrected chi connectivity index (χ4v) is 2.01. The van der Waals surface area contributed by atoms with Gasteiger partial charge < -0.3 is 15.7 Å². The lowest BCUT2D eigenvalue weighted by Crippen LogP contribution is -2.48. The average molecular weight is 228 g/mol. The Morgan fingerprint density at radius 3 is 2.56 bits per heavy atom. The Kier molecular flexibility index (Phi) is 5.25. The van der Waals surface area contributed by atoms with Crippen molar-refractivity contribution in [3.05, 3.63) is 0 Å². The van der Waals surface area contributed by atoms with Crippen LogP contribution in [0.4, 0.5) is 0 Å². The Bertz CT molecular complexity index is 256. The molecule has 5 nitrogen and oxygen atoms in total. The minimum atomic E-state index is -0.660. The second-order valence-corrected chi connectivity index (χ2v) is 4.32. The number of amides is 2. The van der Waals surface area contributed by atoms with Gasteiger partial charge in [0.1, 0.15) is 0 Å². The van der Waals surface area contributed by atoms with Gasteiger partial charge in [-0.2, -0.15) is 0 Å².